The van der Waals surface area contributed by atoms with E-state index >= 15 is 0 Å². The van der Waals surface area contributed by atoms with Crippen LogP contribution in [0.4, 0.5) is 0 Å². The standard InChI is InChI=1S/C6H7NO3/c8-6(9)4-10-5-2-1-3-7-5/h1-3,7H,4H2,(H,8,9). The zero-order valence-corrected chi connectivity index (χ0v) is 5.20. The van der Waals surface area contributed by atoms with Gasteiger partial charge in [-0.05, 0) is 12.1 Å². The molecule has 0 atom stereocenters. The van der Waals surface area contributed by atoms with E-state index in [4.69, 9.17) is 9.84 Å². The number of carbonyl (C=O) groups is 1. The van der Waals surface area contributed by atoms with Crippen molar-refractivity contribution < 1.29 is 14.6 Å². The van der Waals surface area contributed by atoms with Crippen LogP contribution in [0, 0.1) is 0 Å². The highest BCUT2D eigenvalue weighted by Crippen LogP contribution is 2.03. The molecule has 10 heavy (non-hydrogen) atoms. The zero-order chi connectivity index (χ0) is 7.40. The number of H-pyrrole nitrogens is 1. The normalized spacial score (nSPS) is 9.20. The van der Waals surface area contributed by atoms with E-state index in [9.17, 15) is 4.79 Å². The fraction of sp³-hybridized carbons (Fsp3) is 0.167. The van der Waals surface area contributed by atoms with Gasteiger partial charge in [0.15, 0.2) is 12.5 Å². The van der Waals surface area contributed by atoms with Crippen LogP contribution >= 0.6 is 0 Å². The Morgan fingerprint density at radius 3 is 3.10 bits per heavy atom. The lowest BCUT2D eigenvalue weighted by molar-refractivity contribution is -0.139. The molecule has 0 aromatic carbocycles. The van der Waals surface area contributed by atoms with Crippen LogP contribution in [-0.2, 0) is 4.79 Å². The summed E-state index contributed by atoms with van der Waals surface area (Å²) in [5.74, 6) is -0.503. The molecule has 4 heteroatoms. The van der Waals surface area contributed by atoms with Crippen molar-refractivity contribution in [2.24, 2.45) is 0 Å². The van der Waals surface area contributed by atoms with E-state index in [0.29, 0.717) is 5.88 Å². The van der Waals surface area contributed by atoms with Gasteiger partial charge in [0.25, 0.3) is 0 Å². The summed E-state index contributed by atoms with van der Waals surface area (Å²) in [7, 11) is 0. The van der Waals surface area contributed by atoms with Crippen LogP contribution in [0.1, 0.15) is 0 Å². The van der Waals surface area contributed by atoms with Crippen LogP contribution in [0.15, 0.2) is 18.3 Å². The minimum Gasteiger partial charge on any atom is -0.479 e. The molecule has 0 bridgehead atoms. The Morgan fingerprint density at radius 2 is 2.60 bits per heavy atom. The second-order valence-electron chi connectivity index (χ2n) is 1.72. The maximum Gasteiger partial charge on any atom is 0.341 e. The van der Waals surface area contributed by atoms with E-state index in [2.05, 4.69) is 4.98 Å². The van der Waals surface area contributed by atoms with Gasteiger partial charge in [-0.1, -0.05) is 0 Å². The molecule has 0 spiro atoms. The number of aromatic nitrogens is 1. The van der Waals surface area contributed by atoms with Gasteiger partial charge in [0.1, 0.15) is 0 Å². The number of aliphatic carboxylic acids is 1. The fourth-order valence-electron chi connectivity index (χ4n) is 0.543. The molecule has 0 aliphatic rings. The summed E-state index contributed by atoms with van der Waals surface area (Å²) >= 11 is 0. The maximum absolute atomic E-state index is 9.96. The first-order valence-corrected chi connectivity index (χ1v) is 2.77. The van der Waals surface area contributed by atoms with Crippen LogP contribution in [0.25, 0.3) is 0 Å². The molecule has 1 rings (SSSR count). The molecule has 2 N–H and O–H groups in total. The predicted molar refractivity (Wildman–Crippen MR) is 33.9 cm³/mol. The number of carboxylic acids is 1. The molecule has 0 aliphatic heterocycles. The van der Waals surface area contributed by atoms with Gasteiger partial charge < -0.3 is 14.8 Å². The van der Waals surface area contributed by atoms with E-state index < -0.39 is 5.97 Å². The minimum absolute atomic E-state index is 0.305. The molecule has 0 radical (unpaired) electrons. The van der Waals surface area contributed by atoms with Gasteiger partial charge in [-0.2, -0.15) is 0 Å². The molecular weight excluding hydrogens is 134 g/mol. The van der Waals surface area contributed by atoms with Crippen LogP contribution in [0.3, 0.4) is 0 Å². The van der Waals surface area contributed by atoms with Crippen LogP contribution < -0.4 is 4.74 Å². The number of hydrogen-bond acceptors (Lipinski definition) is 2. The van der Waals surface area contributed by atoms with E-state index in [0.717, 1.165) is 0 Å². The summed E-state index contributed by atoms with van der Waals surface area (Å²) in [6.45, 7) is -0.305. The number of hydrogen-bond donors (Lipinski definition) is 2. The number of ether oxygens (including phenoxy) is 1. The highest BCUT2D eigenvalue weighted by atomic mass is 16.5. The first-order chi connectivity index (χ1) is 4.79. The summed E-state index contributed by atoms with van der Waals surface area (Å²) in [5.41, 5.74) is 0. The second-order valence-corrected chi connectivity index (χ2v) is 1.72. The molecule has 0 amide bonds. The van der Waals surface area contributed by atoms with Crippen molar-refractivity contribution in [3.05, 3.63) is 18.3 Å². The topological polar surface area (TPSA) is 62.3 Å². The molecule has 54 valence electrons. The summed E-state index contributed by atoms with van der Waals surface area (Å²) in [6, 6.07) is 3.39. The largest absolute Gasteiger partial charge is 0.479 e. The van der Waals surface area contributed by atoms with E-state index in [-0.39, 0.29) is 6.61 Å². The quantitative estimate of drug-likeness (QED) is 0.643. The third-order valence-electron chi connectivity index (χ3n) is 0.921. The van der Waals surface area contributed by atoms with Crippen molar-refractivity contribution in [2.45, 2.75) is 0 Å². The Bertz CT molecular complexity index is 205. The first kappa shape index (κ1) is 6.67. The van der Waals surface area contributed by atoms with Crippen molar-refractivity contribution in [1.29, 1.82) is 0 Å². The van der Waals surface area contributed by atoms with Gasteiger partial charge in [-0.15, -0.1) is 0 Å². The van der Waals surface area contributed by atoms with Crippen molar-refractivity contribution in [3.63, 3.8) is 0 Å². The molecule has 1 heterocycles. The van der Waals surface area contributed by atoms with Gasteiger partial charge in [-0.3, -0.25) is 0 Å². The molecule has 0 unspecified atom stereocenters. The summed E-state index contributed by atoms with van der Waals surface area (Å²) in [5, 5.41) is 8.17. The van der Waals surface area contributed by atoms with Crippen LogP contribution in [0.5, 0.6) is 5.88 Å². The molecule has 1 aromatic heterocycles. The Balaban J connectivity index is 2.35. The number of aromatic amines is 1. The van der Waals surface area contributed by atoms with Gasteiger partial charge in [0.05, 0.1) is 0 Å². The fourth-order valence-corrected chi connectivity index (χ4v) is 0.543. The van der Waals surface area contributed by atoms with Gasteiger partial charge in [0.2, 0.25) is 0 Å². The monoisotopic (exact) mass is 141 g/mol. The molecule has 0 aliphatic carbocycles. The Hall–Kier alpha value is -1.45. The predicted octanol–water partition coefficient (Wildman–Crippen LogP) is 0.478. The Kier molecular flexibility index (Phi) is 1.94. The smallest absolute Gasteiger partial charge is 0.341 e. The molecule has 4 nitrogen and oxygen atoms in total. The zero-order valence-electron chi connectivity index (χ0n) is 5.20. The molecular formula is C6H7NO3. The minimum atomic E-state index is -0.977. The third kappa shape index (κ3) is 1.81. The maximum atomic E-state index is 9.96. The van der Waals surface area contributed by atoms with Crippen molar-refractivity contribution in [2.75, 3.05) is 6.61 Å². The Morgan fingerprint density at radius 1 is 1.80 bits per heavy atom. The average molecular weight is 141 g/mol. The van der Waals surface area contributed by atoms with E-state index in [1.54, 1.807) is 18.3 Å². The molecule has 1 aromatic rings. The van der Waals surface area contributed by atoms with E-state index in [1.807, 2.05) is 0 Å². The van der Waals surface area contributed by atoms with Gasteiger partial charge in [-0.25, -0.2) is 4.79 Å². The number of carboxylic acid groups (broad SMARTS) is 1. The summed E-state index contributed by atoms with van der Waals surface area (Å²) in [6.07, 6.45) is 1.66. The SMILES string of the molecule is O=C(O)COc1ccc[nH]1. The lowest BCUT2D eigenvalue weighted by atomic mass is 10.6. The van der Waals surface area contributed by atoms with Crippen LogP contribution in [0.2, 0.25) is 0 Å². The van der Waals surface area contributed by atoms with Gasteiger partial charge >= 0.3 is 5.97 Å². The highest BCUT2D eigenvalue weighted by Gasteiger charge is 1.97. The van der Waals surface area contributed by atoms with Crippen molar-refractivity contribution in [3.8, 4) is 5.88 Å². The second kappa shape index (κ2) is 2.91. The first-order valence-electron chi connectivity index (χ1n) is 2.77. The average Bonchev–Trinajstić information content (AvgIpc) is 2.34. The summed E-state index contributed by atoms with van der Waals surface area (Å²) < 4.78 is 4.75. The molecule has 0 saturated heterocycles. The highest BCUT2D eigenvalue weighted by molar-refractivity contribution is 5.68. The lowest BCUT2D eigenvalue weighted by Gasteiger charge is -1.96. The molecule has 0 saturated carbocycles. The molecule has 0 fully saturated rings. The van der Waals surface area contributed by atoms with E-state index in [1.165, 1.54) is 0 Å². The number of nitrogens with one attached hydrogen (secondary N) is 1. The number of rotatable bonds is 3. The lowest BCUT2D eigenvalue weighted by Crippen LogP contribution is -2.09. The van der Waals surface area contributed by atoms with Gasteiger partial charge in [0, 0.05) is 6.20 Å². The van der Waals surface area contributed by atoms with Crippen molar-refractivity contribution in [1.82, 2.24) is 4.98 Å². The van der Waals surface area contributed by atoms with Crippen LogP contribution in [-0.4, -0.2) is 22.7 Å². The summed E-state index contributed by atoms with van der Waals surface area (Å²) in [4.78, 5) is 12.7. The Labute approximate surface area is 57.4 Å². The third-order valence-corrected chi connectivity index (χ3v) is 0.921. The van der Waals surface area contributed by atoms with Crippen molar-refractivity contribution >= 4 is 5.97 Å².